The Morgan fingerprint density at radius 2 is 1.31 bits per heavy atom. The van der Waals surface area contributed by atoms with Crippen LogP contribution in [0.15, 0.2) is 79.0 Å². The molecule has 3 aromatic carbocycles. The fraction of sp³-hybridized carbons (Fsp3) is 0.179. The molecule has 176 valence electrons. The van der Waals surface area contributed by atoms with Crippen LogP contribution in [-0.4, -0.2) is 33.2 Å². The van der Waals surface area contributed by atoms with Crippen LogP contribution in [0.1, 0.15) is 55.7 Å². The second-order valence-electron chi connectivity index (χ2n) is 8.61. The molecule has 7 heteroatoms. The predicted molar refractivity (Wildman–Crippen MR) is 127 cm³/mol. The van der Waals surface area contributed by atoms with Crippen LogP contribution in [0.2, 0.25) is 0 Å². The number of hydrogen-bond acceptors (Lipinski definition) is 3. The molecular weight excluding hydrogens is 448 g/mol. The molecule has 0 radical (unpaired) electrons. The number of fused-ring (bicyclic) bond motifs is 1. The summed E-state index contributed by atoms with van der Waals surface area (Å²) in [4.78, 5) is 34.1. The summed E-state index contributed by atoms with van der Waals surface area (Å²) in [5.41, 5.74) is 3.59. The number of aryl methyl sites for hydroxylation is 1. The lowest BCUT2D eigenvalue weighted by molar-refractivity contribution is 0.0656. The van der Waals surface area contributed by atoms with E-state index < -0.39 is 0 Å². The molecule has 1 aliphatic rings. The number of imide groups is 1. The van der Waals surface area contributed by atoms with Gasteiger partial charge in [0.25, 0.3) is 11.8 Å². The Morgan fingerprint density at radius 3 is 1.86 bits per heavy atom. The molecule has 0 saturated carbocycles. The minimum absolute atomic E-state index is 0.0527. The number of amides is 2. The molecule has 0 atom stereocenters. The number of aromatic nitrogens is 2. The third kappa shape index (κ3) is 4.75. The number of aromatic amines is 1. The SMILES string of the molecule is O=C1c2ccccc2C(=O)N1CCc1cnc(CCC(c2ccc(F)cc2)c2ccc(F)cc2)[nH]1. The second-order valence-corrected chi connectivity index (χ2v) is 8.61. The first kappa shape index (κ1) is 22.7. The first-order chi connectivity index (χ1) is 17.0. The Hall–Kier alpha value is -4.13. The van der Waals surface area contributed by atoms with Gasteiger partial charge in [0.1, 0.15) is 17.5 Å². The molecule has 0 spiro atoms. The average molecular weight is 472 g/mol. The third-order valence-corrected chi connectivity index (χ3v) is 6.38. The highest BCUT2D eigenvalue weighted by atomic mass is 19.1. The number of benzene rings is 3. The van der Waals surface area contributed by atoms with E-state index in [2.05, 4.69) is 9.97 Å². The van der Waals surface area contributed by atoms with Crippen LogP contribution in [0, 0.1) is 11.6 Å². The average Bonchev–Trinajstić information content (AvgIpc) is 3.42. The quantitative estimate of drug-likeness (QED) is 0.355. The second kappa shape index (κ2) is 9.62. The molecule has 0 unspecified atom stereocenters. The van der Waals surface area contributed by atoms with E-state index in [1.165, 1.54) is 29.2 Å². The van der Waals surface area contributed by atoms with Gasteiger partial charge in [0.05, 0.1) is 11.1 Å². The van der Waals surface area contributed by atoms with Crippen LogP contribution >= 0.6 is 0 Å². The Morgan fingerprint density at radius 1 is 0.771 bits per heavy atom. The summed E-state index contributed by atoms with van der Waals surface area (Å²) in [6, 6.07) is 19.5. The van der Waals surface area contributed by atoms with E-state index in [-0.39, 0.29) is 35.9 Å². The lowest BCUT2D eigenvalue weighted by Crippen LogP contribution is -2.31. The lowest BCUT2D eigenvalue weighted by atomic mass is 9.87. The third-order valence-electron chi connectivity index (χ3n) is 6.38. The topological polar surface area (TPSA) is 66.1 Å². The van der Waals surface area contributed by atoms with Crippen molar-refractivity contribution in [2.75, 3.05) is 6.54 Å². The lowest BCUT2D eigenvalue weighted by Gasteiger charge is -2.18. The van der Waals surface area contributed by atoms with Crippen molar-refractivity contribution >= 4 is 11.8 Å². The van der Waals surface area contributed by atoms with E-state index in [0.717, 1.165) is 22.6 Å². The summed E-state index contributed by atoms with van der Waals surface area (Å²) < 4.78 is 26.9. The highest BCUT2D eigenvalue weighted by molar-refractivity contribution is 6.21. The van der Waals surface area contributed by atoms with E-state index in [1.54, 1.807) is 54.7 Å². The molecular formula is C28H23F2N3O2. The van der Waals surface area contributed by atoms with E-state index in [1.807, 2.05) is 0 Å². The molecule has 0 fully saturated rings. The molecule has 5 rings (SSSR count). The van der Waals surface area contributed by atoms with Crippen molar-refractivity contribution in [3.8, 4) is 0 Å². The summed E-state index contributed by atoms with van der Waals surface area (Å²) in [7, 11) is 0. The van der Waals surface area contributed by atoms with Crippen molar-refractivity contribution in [2.45, 2.75) is 25.2 Å². The number of nitrogens with one attached hydrogen (secondary N) is 1. The molecule has 2 heterocycles. The van der Waals surface area contributed by atoms with Crippen LogP contribution in [0.4, 0.5) is 8.78 Å². The van der Waals surface area contributed by atoms with Gasteiger partial charge >= 0.3 is 0 Å². The van der Waals surface area contributed by atoms with Gasteiger partial charge in [-0.2, -0.15) is 0 Å². The van der Waals surface area contributed by atoms with Crippen LogP contribution in [0.3, 0.4) is 0 Å². The number of H-pyrrole nitrogens is 1. The van der Waals surface area contributed by atoms with Crippen molar-refractivity contribution in [1.82, 2.24) is 14.9 Å². The number of imidazole rings is 1. The Bertz CT molecular complexity index is 1280. The van der Waals surface area contributed by atoms with E-state index >= 15 is 0 Å². The first-order valence-corrected chi connectivity index (χ1v) is 11.5. The first-order valence-electron chi connectivity index (χ1n) is 11.5. The van der Waals surface area contributed by atoms with E-state index in [4.69, 9.17) is 0 Å². The fourth-order valence-corrected chi connectivity index (χ4v) is 4.53. The van der Waals surface area contributed by atoms with Crippen molar-refractivity contribution in [3.63, 3.8) is 0 Å². The highest BCUT2D eigenvalue weighted by Gasteiger charge is 2.34. The Labute approximate surface area is 201 Å². The van der Waals surface area contributed by atoms with Crippen molar-refractivity contribution in [3.05, 3.63) is 124 Å². The highest BCUT2D eigenvalue weighted by Crippen LogP contribution is 2.30. The molecule has 4 aromatic rings. The molecule has 0 bridgehead atoms. The molecule has 35 heavy (non-hydrogen) atoms. The zero-order chi connectivity index (χ0) is 24.4. The maximum Gasteiger partial charge on any atom is 0.261 e. The molecule has 1 aliphatic heterocycles. The number of carbonyl (C=O) groups excluding carboxylic acids is 2. The number of carbonyl (C=O) groups is 2. The van der Waals surface area contributed by atoms with Crippen LogP contribution in [-0.2, 0) is 12.8 Å². The molecule has 1 aromatic heterocycles. The Kier molecular flexibility index (Phi) is 6.23. The summed E-state index contributed by atoms with van der Waals surface area (Å²) in [6.07, 6.45) is 3.49. The molecule has 0 aliphatic carbocycles. The van der Waals surface area contributed by atoms with Crippen LogP contribution in [0.25, 0.3) is 0 Å². The van der Waals surface area contributed by atoms with Gasteiger partial charge in [-0.3, -0.25) is 14.5 Å². The maximum atomic E-state index is 13.5. The minimum atomic E-state index is -0.305. The van der Waals surface area contributed by atoms with Gasteiger partial charge < -0.3 is 4.98 Å². The van der Waals surface area contributed by atoms with Gasteiger partial charge in [0.2, 0.25) is 0 Å². The maximum absolute atomic E-state index is 13.5. The zero-order valence-electron chi connectivity index (χ0n) is 18.9. The van der Waals surface area contributed by atoms with Crippen molar-refractivity contribution in [2.24, 2.45) is 0 Å². The number of hydrogen-bond donors (Lipinski definition) is 1. The minimum Gasteiger partial charge on any atom is -0.346 e. The van der Waals surface area contributed by atoms with Crippen molar-refractivity contribution < 1.29 is 18.4 Å². The van der Waals surface area contributed by atoms with Crippen LogP contribution < -0.4 is 0 Å². The summed E-state index contributed by atoms with van der Waals surface area (Å²) in [5.74, 6) is -0.432. The van der Waals surface area contributed by atoms with Gasteiger partial charge in [-0.15, -0.1) is 0 Å². The van der Waals surface area contributed by atoms with Gasteiger partial charge in [0.15, 0.2) is 0 Å². The Balaban J connectivity index is 1.24. The number of halogens is 2. The van der Waals surface area contributed by atoms with E-state index in [9.17, 15) is 18.4 Å². The van der Waals surface area contributed by atoms with Gasteiger partial charge in [-0.05, 0) is 53.9 Å². The monoisotopic (exact) mass is 471 g/mol. The number of nitrogens with zero attached hydrogens (tertiary/aromatic N) is 2. The molecule has 0 saturated heterocycles. The molecule has 5 nitrogen and oxygen atoms in total. The largest absolute Gasteiger partial charge is 0.346 e. The standard InChI is InChI=1S/C28H23F2N3O2/c29-20-9-5-18(6-10-20)23(19-7-11-21(30)12-8-19)13-14-26-31-17-22(32-26)15-16-33-27(34)24-3-1-2-4-25(24)28(33)35/h1-12,17,23H,13-16H2,(H,31,32). The van der Waals surface area contributed by atoms with Gasteiger partial charge in [-0.25, -0.2) is 13.8 Å². The van der Waals surface area contributed by atoms with Crippen molar-refractivity contribution in [1.29, 1.82) is 0 Å². The summed E-state index contributed by atoms with van der Waals surface area (Å²) in [6.45, 7) is 0.266. The smallest absolute Gasteiger partial charge is 0.261 e. The molecule has 2 amide bonds. The van der Waals surface area contributed by atoms with Gasteiger partial charge in [0, 0.05) is 37.2 Å². The molecule has 1 N–H and O–H groups in total. The fourth-order valence-electron chi connectivity index (χ4n) is 4.53. The summed E-state index contributed by atoms with van der Waals surface area (Å²) in [5, 5.41) is 0. The zero-order valence-corrected chi connectivity index (χ0v) is 18.9. The van der Waals surface area contributed by atoms with Crippen LogP contribution in [0.5, 0.6) is 0 Å². The van der Waals surface area contributed by atoms with Gasteiger partial charge in [-0.1, -0.05) is 36.4 Å². The summed E-state index contributed by atoms with van der Waals surface area (Å²) >= 11 is 0. The predicted octanol–water partition coefficient (Wildman–Crippen LogP) is 5.29. The number of rotatable bonds is 8. The normalized spacial score (nSPS) is 13.1. The van der Waals surface area contributed by atoms with E-state index in [0.29, 0.717) is 30.4 Å².